The minimum absolute atomic E-state index is 0.132. The van der Waals surface area contributed by atoms with Crippen LogP contribution in [0.25, 0.3) is 5.65 Å². The Balaban J connectivity index is 2.17. The number of hydrogen-bond acceptors (Lipinski definition) is 3. The van der Waals surface area contributed by atoms with Gasteiger partial charge in [-0.2, -0.15) is 4.40 Å². The van der Waals surface area contributed by atoms with E-state index in [2.05, 4.69) is 24.6 Å². The maximum absolute atomic E-state index is 12.7. The zero-order valence-electron chi connectivity index (χ0n) is 11.8. The molecule has 2 aromatic heterocycles. The van der Waals surface area contributed by atoms with E-state index in [0.29, 0.717) is 5.25 Å². The number of aromatic nitrogens is 2. The van der Waals surface area contributed by atoms with Crippen molar-refractivity contribution < 1.29 is 4.57 Å². The first-order valence-corrected chi connectivity index (χ1v) is 9.00. The maximum atomic E-state index is 12.7. The minimum Gasteiger partial charge on any atom is -0.240 e. The lowest BCUT2D eigenvalue weighted by Gasteiger charge is -2.09. The number of hydrogen-bond donors (Lipinski definition) is 0. The first-order valence-electron chi connectivity index (χ1n) is 7.01. The summed E-state index contributed by atoms with van der Waals surface area (Å²) in [5, 5.41) is 0.625. The fourth-order valence-electron chi connectivity index (χ4n) is 2.53. The average molecular weight is 307 g/mol. The van der Waals surface area contributed by atoms with Gasteiger partial charge in [0.15, 0.2) is 0 Å². The van der Waals surface area contributed by atoms with Gasteiger partial charge in [0, 0.05) is 17.1 Å². The van der Waals surface area contributed by atoms with E-state index in [-0.39, 0.29) is 10.1 Å². The molecule has 3 rings (SSSR count). The second-order valence-electron chi connectivity index (χ2n) is 5.12. The van der Waals surface area contributed by atoms with Crippen LogP contribution in [-0.4, -0.2) is 15.4 Å². The Bertz CT molecular complexity index is 683. The number of thioether (sulfide) groups is 2. The van der Waals surface area contributed by atoms with Crippen LogP contribution < -0.4 is 10.1 Å². The third-order valence-corrected chi connectivity index (χ3v) is 6.78. The zero-order chi connectivity index (χ0) is 14.1. The van der Waals surface area contributed by atoms with E-state index >= 15 is 0 Å². The Morgan fingerprint density at radius 1 is 1.45 bits per heavy atom. The molecule has 1 aliphatic rings. The molecule has 0 saturated carbocycles. The Kier molecular flexibility index (Phi) is 4.08. The van der Waals surface area contributed by atoms with Gasteiger partial charge in [-0.05, 0) is 12.5 Å². The highest BCUT2D eigenvalue weighted by atomic mass is 32.2. The SMILES string of the molecule is CCC[n+]1cc(C2SCC(C)S2)c(=O)n2ccccc21. The highest BCUT2D eigenvalue weighted by Gasteiger charge is 2.29. The minimum atomic E-state index is 0.132. The molecule has 1 saturated heterocycles. The topological polar surface area (TPSA) is 25.4 Å². The summed E-state index contributed by atoms with van der Waals surface area (Å²) < 4.78 is 4.27. The van der Waals surface area contributed by atoms with Gasteiger partial charge in [0.05, 0.1) is 17.3 Å². The van der Waals surface area contributed by atoms with Gasteiger partial charge in [-0.3, -0.25) is 0 Å². The van der Waals surface area contributed by atoms with Crippen molar-refractivity contribution in [3.05, 3.63) is 46.5 Å². The molecule has 20 heavy (non-hydrogen) atoms. The van der Waals surface area contributed by atoms with Gasteiger partial charge < -0.3 is 0 Å². The van der Waals surface area contributed by atoms with Crippen LogP contribution >= 0.6 is 23.5 Å². The van der Waals surface area contributed by atoms with E-state index in [1.807, 2.05) is 47.9 Å². The smallest absolute Gasteiger partial charge is 0.240 e. The van der Waals surface area contributed by atoms with Gasteiger partial charge in [0.25, 0.3) is 5.65 Å². The van der Waals surface area contributed by atoms with Gasteiger partial charge in [-0.1, -0.05) is 19.9 Å². The van der Waals surface area contributed by atoms with E-state index < -0.39 is 0 Å². The van der Waals surface area contributed by atoms with Crippen molar-refractivity contribution in [2.75, 3.05) is 5.75 Å². The molecule has 0 bridgehead atoms. The van der Waals surface area contributed by atoms with Crippen LogP contribution in [0.15, 0.2) is 35.4 Å². The monoisotopic (exact) mass is 307 g/mol. The molecule has 0 N–H and O–H groups in total. The van der Waals surface area contributed by atoms with Gasteiger partial charge in [0.1, 0.15) is 11.8 Å². The molecule has 1 aliphatic heterocycles. The molecule has 3 nitrogen and oxygen atoms in total. The van der Waals surface area contributed by atoms with Crippen molar-refractivity contribution in [1.82, 2.24) is 4.40 Å². The normalized spacial score (nSPS) is 22.5. The first-order chi connectivity index (χ1) is 9.70. The largest absolute Gasteiger partial charge is 0.347 e. The third-order valence-electron chi connectivity index (χ3n) is 3.45. The molecule has 2 unspecified atom stereocenters. The molecule has 0 radical (unpaired) electrons. The second-order valence-corrected chi connectivity index (χ2v) is 8.11. The number of pyridine rings is 1. The van der Waals surface area contributed by atoms with E-state index in [1.54, 1.807) is 4.40 Å². The second kappa shape index (κ2) is 5.82. The molecule has 0 amide bonds. The van der Waals surface area contributed by atoms with Gasteiger partial charge in [-0.25, -0.2) is 9.36 Å². The average Bonchev–Trinajstić information content (AvgIpc) is 2.89. The molecule has 1 fully saturated rings. The predicted molar refractivity (Wildman–Crippen MR) is 86.4 cm³/mol. The van der Waals surface area contributed by atoms with Crippen molar-refractivity contribution >= 4 is 29.2 Å². The Morgan fingerprint density at radius 2 is 2.30 bits per heavy atom. The molecule has 3 heterocycles. The predicted octanol–water partition coefficient (Wildman–Crippen LogP) is 2.86. The van der Waals surface area contributed by atoms with Crippen molar-refractivity contribution in [2.45, 2.75) is 36.6 Å². The van der Waals surface area contributed by atoms with Crippen LogP contribution in [0, 0.1) is 0 Å². The summed E-state index contributed by atoms with van der Waals surface area (Å²) in [4.78, 5) is 12.7. The fourth-order valence-corrected chi connectivity index (χ4v) is 5.71. The summed E-state index contributed by atoms with van der Waals surface area (Å²) in [7, 11) is 0. The molecular formula is C15H19N2OS2+. The molecule has 0 aliphatic carbocycles. The van der Waals surface area contributed by atoms with Crippen LogP contribution in [-0.2, 0) is 6.54 Å². The lowest BCUT2D eigenvalue weighted by molar-refractivity contribution is -0.675. The number of nitrogens with zero attached hydrogens (tertiary/aromatic N) is 2. The van der Waals surface area contributed by atoms with Crippen LogP contribution in [0.3, 0.4) is 0 Å². The molecule has 2 aromatic rings. The van der Waals surface area contributed by atoms with E-state index in [1.165, 1.54) is 0 Å². The zero-order valence-corrected chi connectivity index (χ0v) is 13.4. The van der Waals surface area contributed by atoms with Crippen LogP contribution in [0.4, 0.5) is 0 Å². The van der Waals surface area contributed by atoms with Crippen LogP contribution in [0.5, 0.6) is 0 Å². The fraction of sp³-hybridized carbons (Fsp3) is 0.467. The maximum Gasteiger partial charge on any atom is 0.347 e. The summed E-state index contributed by atoms with van der Waals surface area (Å²) >= 11 is 3.79. The number of aryl methyl sites for hydroxylation is 1. The highest BCUT2D eigenvalue weighted by Crippen LogP contribution is 2.47. The molecule has 0 spiro atoms. The highest BCUT2D eigenvalue weighted by molar-refractivity contribution is 8.19. The van der Waals surface area contributed by atoms with Gasteiger partial charge >= 0.3 is 5.56 Å². The van der Waals surface area contributed by atoms with E-state index in [0.717, 1.165) is 29.9 Å². The van der Waals surface area contributed by atoms with E-state index in [4.69, 9.17) is 0 Å². The lowest BCUT2D eigenvalue weighted by Crippen LogP contribution is -2.41. The summed E-state index contributed by atoms with van der Waals surface area (Å²) in [5.74, 6) is 1.13. The Morgan fingerprint density at radius 3 is 3.00 bits per heavy atom. The van der Waals surface area contributed by atoms with Crippen molar-refractivity contribution in [3.8, 4) is 0 Å². The van der Waals surface area contributed by atoms with Crippen molar-refractivity contribution in [2.24, 2.45) is 0 Å². The summed E-state index contributed by atoms with van der Waals surface area (Å²) in [6, 6.07) is 5.92. The molecule has 106 valence electrons. The Labute approximate surface area is 127 Å². The third kappa shape index (κ3) is 2.49. The summed E-state index contributed by atoms with van der Waals surface area (Å²) in [6.45, 7) is 5.34. The number of fused-ring (bicyclic) bond motifs is 1. The lowest BCUT2D eigenvalue weighted by atomic mass is 10.3. The molecule has 0 aromatic carbocycles. The summed E-state index contributed by atoms with van der Waals surface area (Å²) in [5.41, 5.74) is 2.04. The van der Waals surface area contributed by atoms with Crippen LogP contribution in [0.2, 0.25) is 0 Å². The molecule has 2 atom stereocenters. The Hall–Kier alpha value is -0.940. The van der Waals surface area contributed by atoms with Crippen LogP contribution in [0.1, 0.15) is 30.4 Å². The standard InChI is InChI=1S/C15H19N2OS2/c1-3-7-16-9-12(15-19-10-11(2)20-15)14(18)17-8-5-4-6-13(16)17/h4-6,8-9,11,15H,3,7,10H2,1-2H3/q+1. The van der Waals surface area contributed by atoms with Gasteiger partial charge in [-0.15, -0.1) is 23.5 Å². The first kappa shape index (κ1) is 14.0. The quantitative estimate of drug-likeness (QED) is 0.815. The van der Waals surface area contributed by atoms with Crippen molar-refractivity contribution in [1.29, 1.82) is 0 Å². The molecular weight excluding hydrogens is 288 g/mol. The molecule has 5 heteroatoms. The number of rotatable bonds is 3. The van der Waals surface area contributed by atoms with Gasteiger partial charge in [0.2, 0.25) is 0 Å². The van der Waals surface area contributed by atoms with E-state index in [9.17, 15) is 4.79 Å². The van der Waals surface area contributed by atoms with Crippen molar-refractivity contribution in [3.63, 3.8) is 0 Å². The summed E-state index contributed by atoms with van der Waals surface area (Å²) in [6.07, 6.45) is 5.01.